The molecule has 2 rings (SSSR count). The van der Waals surface area contributed by atoms with Gasteiger partial charge in [-0.15, -0.1) is 23.5 Å². The third kappa shape index (κ3) is 2.81. The monoisotopic (exact) mass is 248 g/mol. The number of hydrogen-bond acceptors (Lipinski definition) is 4. The minimum Gasteiger partial charge on any atom is -0.245 e. The summed E-state index contributed by atoms with van der Waals surface area (Å²) in [6.45, 7) is 1.94. The van der Waals surface area contributed by atoms with E-state index in [4.69, 9.17) is 5.26 Å². The summed E-state index contributed by atoms with van der Waals surface area (Å²) in [5, 5.41) is 9.84. The molecule has 0 saturated heterocycles. The SMILES string of the molecule is CC(C#N)CSC1=Nc2ccccc2SC1. The van der Waals surface area contributed by atoms with Crippen LogP contribution in [0.3, 0.4) is 0 Å². The van der Waals surface area contributed by atoms with Gasteiger partial charge in [0.1, 0.15) is 0 Å². The molecule has 82 valence electrons. The van der Waals surface area contributed by atoms with Crippen molar-refractivity contribution in [2.75, 3.05) is 11.5 Å². The molecule has 0 N–H and O–H groups in total. The van der Waals surface area contributed by atoms with Gasteiger partial charge in [0.15, 0.2) is 0 Å². The molecule has 0 radical (unpaired) electrons. The zero-order chi connectivity index (χ0) is 11.4. The highest BCUT2D eigenvalue weighted by molar-refractivity contribution is 8.16. The standard InChI is InChI=1S/C12H12N2S2/c1-9(6-13)7-16-12-8-15-11-5-3-2-4-10(11)14-12/h2-5,9H,7-8H2,1H3. The van der Waals surface area contributed by atoms with Crippen LogP contribution in [-0.2, 0) is 0 Å². The molecule has 1 aromatic rings. The van der Waals surface area contributed by atoms with E-state index in [9.17, 15) is 0 Å². The van der Waals surface area contributed by atoms with E-state index in [0.29, 0.717) is 0 Å². The van der Waals surface area contributed by atoms with Crippen molar-refractivity contribution in [3.63, 3.8) is 0 Å². The first-order valence-corrected chi connectivity index (χ1v) is 7.08. The van der Waals surface area contributed by atoms with Gasteiger partial charge in [-0.05, 0) is 19.1 Å². The van der Waals surface area contributed by atoms with Gasteiger partial charge < -0.3 is 0 Å². The van der Waals surface area contributed by atoms with Crippen molar-refractivity contribution < 1.29 is 0 Å². The van der Waals surface area contributed by atoms with Crippen molar-refractivity contribution in [2.45, 2.75) is 11.8 Å². The molecule has 0 spiro atoms. The second-order valence-corrected chi connectivity index (χ2v) is 5.71. The maximum absolute atomic E-state index is 8.71. The molecule has 0 fully saturated rings. The van der Waals surface area contributed by atoms with Crippen LogP contribution < -0.4 is 0 Å². The van der Waals surface area contributed by atoms with E-state index >= 15 is 0 Å². The van der Waals surface area contributed by atoms with Crippen LogP contribution in [0.25, 0.3) is 0 Å². The number of nitriles is 1. The lowest BCUT2D eigenvalue weighted by molar-refractivity contribution is 0.866. The highest BCUT2D eigenvalue weighted by atomic mass is 32.2. The van der Waals surface area contributed by atoms with Gasteiger partial charge in [-0.3, -0.25) is 0 Å². The second kappa shape index (κ2) is 5.42. The maximum atomic E-state index is 8.71. The summed E-state index contributed by atoms with van der Waals surface area (Å²) in [4.78, 5) is 5.85. The number of benzene rings is 1. The van der Waals surface area contributed by atoms with Crippen LogP contribution in [-0.4, -0.2) is 16.5 Å². The van der Waals surface area contributed by atoms with Crippen LogP contribution in [0.4, 0.5) is 5.69 Å². The number of thioether (sulfide) groups is 2. The lowest BCUT2D eigenvalue weighted by Crippen LogP contribution is -2.04. The van der Waals surface area contributed by atoms with Crippen LogP contribution in [0, 0.1) is 17.2 Å². The predicted molar refractivity (Wildman–Crippen MR) is 71.5 cm³/mol. The summed E-state index contributed by atoms with van der Waals surface area (Å²) in [6.07, 6.45) is 0. The Morgan fingerprint density at radius 2 is 2.38 bits per heavy atom. The van der Waals surface area contributed by atoms with Crippen molar-refractivity contribution >= 4 is 34.3 Å². The van der Waals surface area contributed by atoms with Gasteiger partial charge in [0, 0.05) is 16.4 Å². The van der Waals surface area contributed by atoms with E-state index in [1.54, 1.807) is 11.8 Å². The van der Waals surface area contributed by atoms with E-state index in [2.05, 4.69) is 17.1 Å². The molecule has 1 aliphatic rings. The number of nitrogens with zero attached hydrogens (tertiary/aromatic N) is 2. The van der Waals surface area contributed by atoms with E-state index in [1.165, 1.54) is 4.90 Å². The van der Waals surface area contributed by atoms with Crippen LogP contribution in [0.2, 0.25) is 0 Å². The Bertz CT molecular complexity index is 449. The number of fused-ring (bicyclic) bond motifs is 1. The Kier molecular flexibility index (Phi) is 3.92. The molecular formula is C12H12N2S2. The molecule has 0 aliphatic carbocycles. The molecule has 2 nitrogen and oxygen atoms in total. The van der Waals surface area contributed by atoms with Gasteiger partial charge in [-0.2, -0.15) is 5.26 Å². The number of hydrogen-bond donors (Lipinski definition) is 0. The van der Waals surface area contributed by atoms with Crippen molar-refractivity contribution in [1.29, 1.82) is 5.26 Å². The molecule has 1 unspecified atom stereocenters. The summed E-state index contributed by atoms with van der Waals surface area (Å²) in [5.74, 6) is 1.85. The van der Waals surface area contributed by atoms with E-state index in [-0.39, 0.29) is 5.92 Å². The fourth-order valence-corrected chi connectivity index (χ4v) is 3.28. The topological polar surface area (TPSA) is 36.1 Å². The molecule has 1 aromatic carbocycles. The molecule has 16 heavy (non-hydrogen) atoms. The van der Waals surface area contributed by atoms with Crippen molar-refractivity contribution in [3.8, 4) is 6.07 Å². The number of para-hydroxylation sites is 1. The van der Waals surface area contributed by atoms with E-state index in [0.717, 1.165) is 22.2 Å². The molecule has 1 aliphatic heterocycles. The average Bonchev–Trinajstić information content (AvgIpc) is 2.35. The average molecular weight is 248 g/mol. The lowest BCUT2D eigenvalue weighted by atomic mass is 10.3. The van der Waals surface area contributed by atoms with Gasteiger partial charge in [0.2, 0.25) is 0 Å². The van der Waals surface area contributed by atoms with Gasteiger partial charge in [-0.25, -0.2) is 4.99 Å². The Morgan fingerprint density at radius 3 is 3.19 bits per heavy atom. The number of rotatable bonds is 2. The minimum atomic E-state index is 0.0925. The second-order valence-electron chi connectivity index (χ2n) is 3.60. The van der Waals surface area contributed by atoms with E-state index < -0.39 is 0 Å². The van der Waals surface area contributed by atoms with Crippen molar-refractivity contribution in [3.05, 3.63) is 24.3 Å². The van der Waals surface area contributed by atoms with Crippen LogP contribution >= 0.6 is 23.5 Å². The van der Waals surface area contributed by atoms with Gasteiger partial charge in [0.05, 0.1) is 22.7 Å². The lowest BCUT2D eigenvalue weighted by Gasteiger charge is -2.14. The normalized spacial score (nSPS) is 15.9. The Balaban J connectivity index is 2.04. The summed E-state index contributed by atoms with van der Waals surface area (Å²) in [6, 6.07) is 10.4. The van der Waals surface area contributed by atoms with Gasteiger partial charge >= 0.3 is 0 Å². The van der Waals surface area contributed by atoms with Gasteiger partial charge in [0.25, 0.3) is 0 Å². The fourth-order valence-electron chi connectivity index (χ4n) is 1.31. The van der Waals surface area contributed by atoms with Crippen LogP contribution in [0.5, 0.6) is 0 Å². The molecule has 0 bridgehead atoms. The largest absolute Gasteiger partial charge is 0.245 e. The Morgan fingerprint density at radius 1 is 1.56 bits per heavy atom. The zero-order valence-corrected chi connectivity index (χ0v) is 10.6. The zero-order valence-electron chi connectivity index (χ0n) is 9.01. The number of aliphatic imine (C=N–C) groups is 1. The molecule has 0 aromatic heterocycles. The quantitative estimate of drug-likeness (QED) is 0.800. The first kappa shape index (κ1) is 11.6. The fraction of sp³-hybridized carbons (Fsp3) is 0.333. The van der Waals surface area contributed by atoms with Gasteiger partial charge in [-0.1, -0.05) is 12.1 Å². The van der Waals surface area contributed by atoms with Crippen molar-refractivity contribution in [1.82, 2.24) is 0 Å². The van der Waals surface area contributed by atoms with Crippen molar-refractivity contribution in [2.24, 2.45) is 10.9 Å². The minimum absolute atomic E-state index is 0.0925. The molecule has 1 heterocycles. The third-order valence-corrected chi connectivity index (χ3v) is 4.67. The molecule has 0 amide bonds. The Labute approximate surface area is 104 Å². The molecular weight excluding hydrogens is 236 g/mol. The summed E-state index contributed by atoms with van der Waals surface area (Å²) in [7, 11) is 0. The predicted octanol–water partition coefficient (Wildman–Crippen LogP) is 3.72. The van der Waals surface area contributed by atoms with Crippen LogP contribution in [0.1, 0.15) is 6.92 Å². The summed E-state index contributed by atoms with van der Waals surface area (Å²) < 4.78 is 0. The van der Waals surface area contributed by atoms with Crippen LogP contribution in [0.15, 0.2) is 34.2 Å². The van der Waals surface area contributed by atoms with E-state index in [1.807, 2.05) is 36.9 Å². The highest BCUT2D eigenvalue weighted by Crippen LogP contribution is 2.35. The Hall–Kier alpha value is -0.920. The summed E-state index contributed by atoms with van der Waals surface area (Å²) >= 11 is 3.52. The molecule has 0 saturated carbocycles. The maximum Gasteiger partial charge on any atom is 0.0842 e. The highest BCUT2D eigenvalue weighted by Gasteiger charge is 2.13. The smallest absolute Gasteiger partial charge is 0.0842 e. The molecule has 1 atom stereocenters. The molecule has 4 heteroatoms. The first-order valence-electron chi connectivity index (χ1n) is 5.11. The first-order chi connectivity index (χ1) is 7.79. The third-order valence-electron chi connectivity index (χ3n) is 2.18. The summed E-state index contributed by atoms with van der Waals surface area (Å²) in [5.41, 5.74) is 1.06.